The minimum Gasteiger partial charge on any atom is -0.507 e. The van der Waals surface area contributed by atoms with Crippen molar-refractivity contribution in [3.63, 3.8) is 0 Å². The Morgan fingerprint density at radius 2 is 1.86 bits per heavy atom. The van der Waals surface area contributed by atoms with Crippen molar-refractivity contribution >= 4 is 22.7 Å². The van der Waals surface area contributed by atoms with Crippen LogP contribution in [0.25, 0.3) is 10.8 Å². The first-order chi connectivity index (χ1) is 10.5. The zero-order valence-electron chi connectivity index (χ0n) is 12.3. The number of fused-ring (bicyclic) bond motifs is 1. The Balaban J connectivity index is 2.23. The summed E-state index contributed by atoms with van der Waals surface area (Å²) in [7, 11) is 0. The summed E-state index contributed by atoms with van der Waals surface area (Å²) in [5.41, 5.74) is 0.173. The number of benzene rings is 2. The molecule has 0 atom stereocenters. The van der Waals surface area contributed by atoms with Gasteiger partial charge in [0.05, 0.1) is 12.2 Å². The van der Waals surface area contributed by atoms with Crippen molar-refractivity contribution in [3.8, 4) is 5.75 Å². The third-order valence-corrected chi connectivity index (χ3v) is 3.40. The number of carbonyl (C=O) groups is 2. The fourth-order valence-corrected chi connectivity index (χ4v) is 2.18. The maximum atomic E-state index is 11.9. The summed E-state index contributed by atoms with van der Waals surface area (Å²) in [6.07, 6.45) is 2.88. The van der Waals surface area contributed by atoms with Crippen LogP contribution in [-0.4, -0.2) is 28.8 Å². The van der Waals surface area contributed by atoms with E-state index in [0.29, 0.717) is 22.9 Å². The van der Waals surface area contributed by atoms with Crippen molar-refractivity contribution in [1.29, 1.82) is 0 Å². The van der Waals surface area contributed by atoms with Crippen molar-refractivity contribution in [2.75, 3.05) is 6.61 Å². The van der Waals surface area contributed by atoms with E-state index in [0.717, 1.165) is 19.3 Å². The normalized spacial score (nSPS) is 10.6. The molecule has 0 saturated carbocycles. The second-order valence-electron chi connectivity index (χ2n) is 5.08. The molecule has 0 heterocycles. The van der Waals surface area contributed by atoms with Gasteiger partial charge >= 0.3 is 11.9 Å². The number of hydrogen-bond donors (Lipinski definition) is 2. The number of rotatable bonds is 6. The Labute approximate surface area is 128 Å². The van der Waals surface area contributed by atoms with Crippen LogP contribution in [0.3, 0.4) is 0 Å². The van der Waals surface area contributed by atoms with E-state index in [1.807, 2.05) is 0 Å². The minimum atomic E-state index is -1.22. The van der Waals surface area contributed by atoms with E-state index in [4.69, 9.17) is 9.84 Å². The summed E-state index contributed by atoms with van der Waals surface area (Å²) >= 11 is 0. The molecular formula is C17H18O5. The molecule has 22 heavy (non-hydrogen) atoms. The molecule has 116 valence electrons. The van der Waals surface area contributed by atoms with Crippen LogP contribution in [0.4, 0.5) is 0 Å². The number of phenols is 1. The summed E-state index contributed by atoms with van der Waals surface area (Å²) in [5, 5.41) is 19.9. The second kappa shape index (κ2) is 6.93. The predicted octanol–water partition coefficient (Wildman–Crippen LogP) is 3.59. The van der Waals surface area contributed by atoms with Crippen LogP contribution < -0.4 is 0 Å². The lowest BCUT2D eigenvalue weighted by Gasteiger charge is -2.07. The zero-order valence-corrected chi connectivity index (χ0v) is 12.3. The number of esters is 1. The van der Waals surface area contributed by atoms with Crippen molar-refractivity contribution in [1.82, 2.24) is 0 Å². The summed E-state index contributed by atoms with van der Waals surface area (Å²) in [5.74, 6) is -1.94. The smallest absolute Gasteiger partial charge is 0.339 e. The molecule has 2 rings (SSSR count). The third kappa shape index (κ3) is 3.55. The topological polar surface area (TPSA) is 83.8 Å². The Morgan fingerprint density at radius 3 is 2.55 bits per heavy atom. The van der Waals surface area contributed by atoms with Gasteiger partial charge in [0.15, 0.2) is 0 Å². The van der Waals surface area contributed by atoms with Crippen LogP contribution in [-0.2, 0) is 4.74 Å². The van der Waals surface area contributed by atoms with Gasteiger partial charge in [-0.1, -0.05) is 25.8 Å². The minimum absolute atomic E-state index is 0.194. The van der Waals surface area contributed by atoms with E-state index in [2.05, 4.69) is 6.92 Å². The average molecular weight is 302 g/mol. The van der Waals surface area contributed by atoms with Crippen molar-refractivity contribution in [2.24, 2.45) is 0 Å². The number of carboxylic acid groups (broad SMARTS) is 1. The molecule has 0 amide bonds. The fourth-order valence-electron chi connectivity index (χ4n) is 2.18. The number of ether oxygens (including phenoxy) is 1. The average Bonchev–Trinajstić information content (AvgIpc) is 2.50. The largest absolute Gasteiger partial charge is 0.507 e. The molecule has 0 radical (unpaired) electrons. The second-order valence-corrected chi connectivity index (χ2v) is 5.08. The highest BCUT2D eigenvalue weighted by atomic mass is 16.5. The monoisotopic (exact) mass is 302 g/mol. The molecule has 0 aliphatic heterocycles. The lowest BCUT2D eigenvalue weighted by atomic mass is 10.0. The molecule has 2 aromatic rings. The Morgan fingerprint density at radius 1 is 1.09 bits per heavy atom. The number of carbonyl (C=O) groups excluding carboxylic acids is 1. The lowest BCUT2D eigenvalue weighted by molar-refractivity contribution is 0.0498. The van der Waals surface area contributed by atoms with Crippen molar-refractivity contribution < 1.29 is 24.5 Å². The summed E-state index contributed by atoms with van der Waals surface area (Å²) in [6, 6.07) is 7.55. The van der Waals surface area contributed by atoms with Gasteiger partial charge in [0, 0.05) is 0 Å². The molecule has 2 N–H and O–H groups in total. The van der Waals surface area contributed by atoms with Crippen molar-refractivity contribution in [2.45, 2.75) is 26.2 Å². The molecule has 0 fully saturated rings. The summed E-state index contributed by atoms with van der Waals surface area (Å²) in [6.45, 7) is 2.45. The SMILES string of the molecule is CCCCCOC(=O)c1ccc2cc(O)c(C(=O)O)cc2c1. The van der Waals surface area contributed by atoms with Crippen LogP contribution in [0.5, 0.6) is 5.75 Å². The van der Waals surface area contributed by atoms with E-state index < -0.39 is 11.9 Å². The molecule has 5 heteroatoms. The van der Waals surface area contributed by atoms with Gasteiger partial charge in [-0.3, -0.25) is 0 Å². The number of hydrogen-bond acceptors (Lipinski definition) is 4. The predicted molar refractivity (Wildman–Crippen MR) is 82.4 cm³/mol. The van der Waals surface area contributed by atoms with Crippen LogP contribution in [0.2, 0.25) is 0 Å². The number of unbranched alkanes of at least 4 members (excludes halogenated alkanes) is 2. The highest BCUT2D eigenvalue weighted by Gasteiger charge is 2.13. The van der Waals surface area contributed by atoms with Gasteiger partial charge in [-0.05, 0) is 41.5 Å². The van der Waals surface area contributed by atoms with Crippen molar-refractivity contribution in [3.05, 3.63) is 41.5 Å². The maximum absolute atomic E-state index is 11.9. The first-order valence-electron chi connectivity index (χ1n) is 7.20. The van der Waals surface area contributed by atoms with Crippen LogP contribution in [0.1, 0.15) is 46.9 Å². The van der Waals surface area contributed by atoms with E-state index in [1.165, 1.54) is 12.1 Å². The van der Waals surface area contributed by atoms with E-state index >= 15 is 0 Å². The quantitative estimate of drug-likeness (QED) is 0.629. The first-order valence-corrected chi connectivity index (χ1v) is 7.20. The fraction of sp³-hybridized carbons (Fsp3) is 0.294. The number of aromatic carboxylic acids is 1. The van der Waals surface area contributed by atoms with Gasteiger partial charge in [-0.15, -0.1) is 0 Å². The Hall–Kier alpha value is -2.56. The molecule has 0 unspecified atom stereocenters. The molecule has 0 aliphatic carbocycles. The van der Waals surface area contributed by atoms with Crippen LogP contribution >= 0.6 is 0 Å². The summed E-state index contributed by atoms with van der Waals surface area (Å²) < 4.78 is 5.18. The lowest BCUT2D eigenvalue weighted by Crippen LogP contribution is -2.06. The summed E-state index contributed by atoms with van der Waals surface area (Å²) in [4.78, 5) is 23.0. The highest BCUT2D eigenvalue weighted by Crippen LogP contribution is 2.26. The van der Waals surface area contributed by atoms with E-state index in [1.54, 1.807) is 18.2 Å². The van der Waals surface area contributed by atoms with E-state index in [9.17, 15) is 14.7 Å². The van der Waals surface area contributed by atoms with Gasteiger partial charge in [0.1, 0.15) is 11.3 Å². The molecule has 0 aromatic heterocycles. The molecule has 0 aliphatic rings. The molecule has 0 bridgehead atoms. The standard InChI is InChI=1S/C17H18O5/c1-2-3-4-7-22-17(21)12-6-5-11-10-15(18)14(16(19)20)9-13(11)8-12/h5-6,8-10,18H,2-4,7H2,1H3,(H,19,20). The van der Waals surface area contributed by atoms with Gasteiger partial charge < -0.3 is 14.9 Å². The molecule has 0 spiro atoms. The molecule has 2 aromatic carbocycles. The third-order valence-electron chi connectivity index (χ3n) is 3.40. The van der Waals surface area contributed by atoms with Crippen LogP contribution in [0.15, 0.2) is 30.3 Å². The maximum Gasteiger partial charge on any atom is 0.339 e. The van der Waals surface area contributed by atoms with E-state index in [-0.39, 0.29) is 11.3 Å². The number of carboxylic acids is 1. The Kier molecular flexibility index (Phi) is 4.99. The van der Waals surface area contributed by atoms with Gasteiger partial charge in [0.25, 0.3) is 0 Å². The molecule has 0 saturated heterocycles. The van der Waals surface area contributed by atoms with Gasteiger partial charge in [-0.25, -0.2) is 9.59 Å². The first kappa shape index (κ1) is 15.8. The zero-order chi connectivity index (χ0) is 16.1. The highest BCUT2D eigenvalue weighted by molar-refractivity contribution is 6.00. The molecular weight excluding hydrogens is 284 g/mol. The van der Waals surface area contributed by atoms with Gasteiger partial charge in [-0.2, -0.15) is 0 Å². The molecule has 5 nitrogen and oxygen atoms in total. The van der Waals surface area contributed by atoms with Gasteiger partial charge in [0.2, 0.25) is 0 Å². The Bertz CT molecular complexity index is 706. The number of aromatic hydroxyl groups is 1. The van der Waals surface area contributed by atoms with Crippen LogP contribution in [0, 0.1) is 0 Å².